The minimum Gasteiger partial charge on any atom is -0.382 e. The molecule has 4 heteroatoms. The number of nitrogens with zero attached hydrogens (tertiary/aromatic N) is 2. The third-order valence-electron chi connectivity index (χ3n) is 1.82. The zero-order valence-electron chi connectivity index (χ0n) is 9.16. The largest absolute Gasteiger partial charge is 0.382 e. The number of nitriles is 1. The van der Waals surface area contributed by atoms with E-state index in [0.717, 1.165) is 19.5 Å². The quantitative estimate of drug-likeness (QED) is 0.409. The van der Waals surface area contributed by atoms with Crippen LogP contribution in [0.5, 0.6) is 0 Å². The van der Waals surface area contributed by atoms with Gasteiger partial charge >= 0.3 is 0 Å². The summed E-state index contributed by atoms with van der Waals surface area (Å²) in [4.78, 5) is 2.09. The average molecular weight is 200 g/mol. The number of hydrogen-bond acceptors (Lipinski definition) is 4. The summed E-state index contributed by atoms with van der Waals surface area (Å²) in [5.41, 5.74) is 0. The molecule has 0 bridgehead atoms. The van der Waals surface area contributed by atoms with Crippen molar-refractivity contribution in [1.29, 1.82) is 5.26 Å². The van der Waals surface area contributed by atoms with Gasteiger partial charge in [0, 0.05) is 13.7 Å². The molecule has 4 nitrogen and oxygen atoms in total. The van der Waals surface area contributed by atoms with Crippen LogP contribution in [0.3, 0.4) is 0 Å². The Hall–Kier alpha value is -0.630. The molecule has 0 N–H and O–H groups in total. The maximum absolute atomic E-state index is 8.55. The third kappa shape index (κ3) is 7.99. The number of ether oxygens (including phenoxy) is 2. The predicted octanol–water partition coefficient (Wildman–Crippen LogP) is 0.885. The molecule has 0 saturated carbocycles. The van der Waals surface area contributed by atoms with Gasteiger partial charge in [0.25, 0.3) is 0 Å². The van der Waals surface area contributed by atoms with E-state index in [1.165, 1.54) is 0 Å². The highest BCUT2D eigenvalue weighted by Crippen LogP contribution is 1.90. The monoisotopic (exact) mass is 200 g/mol. The first-order chi connectivity index (χ1) is 6.85. The molecule has 0 atom stereocenters. The van der Waals surface area contributed by atoms with E-state index in [2.05, 4.69) is 17.9 Å². The molecule has 14 heavy (non-hydrogen) atoms. The van der Waals surface area contributed by atoms with Gasteiger partial charge in [0.05, 0.1) is 32.4 Å². The van der Waals surface area contributed by atoms with Crippen molar-refractivity contribution in [3.63, 3.8) is 0 Å². The van der Waals surface area contributed by atoms with Crippen LogP contribution >= 0.6 is 0 Å². The fourth-order valence-corrected chi connectivity index (χ4v) is 1.12. The molecule has 0 aromatic rings. The highest BCUT2D eigenvalue weighted by atomic mass is 16.5. The van der Waals surface area contributed by atoms with E-state index < -0.39 is 0 Å². The van der Waals surface area contributed by atoms with Crippen molar-refractivity contribution in [3.8, 4) is 6.07 Å². The molecular weight excluding hydrogens is 180 g/mol. The van der Waals surface area contributed by atoms with E-state index in [4.69, 9.17) is 14.7 Å². The Kier molecular flexibility index (Phi) is 9.98. The molecule has 0 spiro atoms. The van der Waals surface area contributed by atoms with Crippen molar-refractivity contribution in [2.24, 2.45) is 0 Å². The Labute approximate surface area is 86.4 Å². The molecule has 0 aliphatic heterocycles. The van der Waals surface area contributed by atoms with Crippen LogP contribution in [0.15, 0.2) is 0 Å². The summed E-state index contributed by atoms with van der Waals surface area (Å²) in [5.74, 6) is 0. The van der Waals surface area contributed by atoms with Gasteiger partial charge in [0.2, 0.25) is 0 Å². The van der Waals surface area contributed by atoms with Crippen molar-refractivity contribution in [2.45, 2.75) is 13.3 Å². The van der Waals surface area contributed by atoms with Gasteiger partial charge in [-0.25, -0.2) is 0 Å². The van der Waals surface area contributed by atoms with Crippen LogP contribution in [0.4, 0.5) is 0 Å². The smallest absolute Gasteiger partial charge is 0.0866 e. The van der Waals surface area contributed by atoms with Gasteiger partial charge in [-0.05, 0) is 13.0 Å². The molecule has 82 valence electrons. The van der Waals surface area contributed by atoms with Gasteiger partial charge < -0.3 is 9.47 Å². The lowest BCUT2D eigenvalue weighted by molar-refractivity contribution is 0.0590. The zero-order chi connectivity index (χ0) is 10.6. The minimum absolute atomic E-state index is 0.488. The number of rotatable bonds is 9. The molecular formula is C10H20N2O2. The first-order valence-electron chi connectivity index (χ1n) is 5.01. The van der Waals surface area contributed by atoms with Crippen LogP contribution in [-0.2, 0) is 9.47 Å². The SMILES string of the molecule is CCCN(CC#N)CCOCCOC. The van der Waals surface area contributed by atoms with Gasteiger partial charge in [-0.1, -0.05) is 6.92 Å². The van der Waals surface area contributed by atoms with Gasteiger partial charge in [0.1, 0.15) is 0 Å². The molecule has 0 heterocycles. The summed E-state index contributed by atoms with van der Waals surface area (Å²) in [6.45, 7) is 6.31. The molecule has 0 unspecified atom stereocenters. The Balaban J connectivity index is 3.36. The van der Waals surface area contributed by atoms with Gasteiger partial charge in [-0.15, -0.1) is 0 Å². The van der Waals surface area contributed by atoms with Crippen LogP contribution < -0.4 is 0 Å². The highest BCUT2D eigenvalue weighted by molar-refractivity contribution is 4.75. The summed E-state index contributed by atoms with van der Waals surface area (Å²) in [7, 11) is 1.66. The minimum atomic E-state index is 0.488. The van der Waals surface area contributed by atoms with Crippen LogP contribution in [0.25, 0.3) is 0 Å². The second-order valence-electron chi connectivity index (χ2n) is 3.04. The van der Waals surface area contributed by atoms with Crippen LogP contribution in [0.1, 0.15) is 13.3 Å². The van der Waals surface area contributed by atoms with Crippen molar-refractivity contribution in [2.75, 3.05) is 46.6 Å². The summed E-state index contributed by atoms with van der Waals surface area (Å²) in [6, 6.07) is 2.15. The van der Waals surface area contributed by atoms with Crippen LogP contribution in [-0.4, -0.2) is 51.5 Å². The Bertz CT molecular complexity index is 157. The molecule has 0 aliphatic carbocycles. The molecule has 0 rings (SSSR count). The zero-order valence-corrected chi connectivity index (χ0v) is 9.16. The fourth-order valence-electron chi connectivity index (χ4n) is 1.12. The van der Waals surface area contributed by atoms with E-state index in [9.17, 15) is 0 Å². The van der Waals surface area contributed by atoms with Crippen molar-refractivity contribution in [3.05, 3.63) is 0 Å². The molecule has 0 fully saturated rings. The van der Waals surface area contributed by atoms with Crippen LogP contribution in [0.2, 0.25) is 0 Å². The Morgan fingerprint density at radius 2 is 2.00 bits per heavy atom. The lowest BCUT2D eigenvalue weighted by atomic mass is 10.4. The second kappa shape index (κ2) is 10.5. The highest BCUT2D eigenvalue weighted by Gasteiger charge is 2.01. The molecule has 0 amide bonds. The van der Waals surface area contributed by atoms with E-state index in [1.807, 2.05) is 0 Å². The molecule has 0 saturated heterocycles. The summed E-state index contributed by atoms with van der Waals surface area (Å²) in [6.07, 6.45) is 1.07. The maximum Gasteiger partial charge on any atom is 0.0866 e. The lowest BCUT2D eigenvalue weighted by Gasteiger charge is -2.17. The standard InChI is InChI=1S/C10H20N2O2/c1-3-5-12(6-4-11)7-8-14-10-9-13-2/h3,5-10H2,1-2H3. The molecule has 0 aromatic heterocycles. The van der Waals surface area contributed by atoms with Gasteiger partial charge in [0.15, 0.2) is 0 Å². The van der Waals surface area contributed by atoms with Crippen molar-refractivity contribution in [1.82, 2.24) is 4.90 Å². The van der Waals surface area contributed by atoms with Crippen LogP contribution in [0, 0.1) is 11.3 Å². The molecule has 0 aromatic carbocycles. The third-order valence-corrected chi connectivity index (χ3v) is 1.82. The Morgan fingerprint density at radius 1 is 1.21 bits per heavy atom. The van der Waals surface area contributed by atoms with Gasteiger partial charge in [-0.3, -0.25) is 4.90 Å². The van der Waals surface area contributed by atoms with E-state index in [-0.39, 0.29) is 0 Å². The lowest BCUT2D eigenvalue weighted by Crippen LogP contribution is -2.29. The van der Waals surface area contributed by atoms with Crippen molar-refractivity contribution >= 4 is 0 Å². The van der Waals surface area contributed by atoms with E-state index >= 15 is 0 Å². The van der Waals surface area contributed by atoms with E-state index in [1.54, 1.807) is 7.11 Å². The number of methoxy groups -OCH3 is 1. The van der Waals surface area contributed by atoms with Gasteiger partial charge in [-0.2, -0.15) is 5.26 Å². The summed E-state index contributed by atoms with van der Waals surface area (Å²) < 4.78 is 10.2. The first-order valence-corrected chi connectivity index (χ1v) is 5.01. The number of hydrogen-bond donors (Lipinski definition) is 0. The summed E-state index contributed by atoms with van der Waals surface area (Å²) in [5, 5.41) is 8.55. The normalized spacial score (nSPS) is 10.4. The first kappa shape index (κ1) is 13.4. The fraction of sp³-hybridized carbons (Fsp3) is 0.900. The molecule has 0 aliphatic rings. The second-order valence-corrected chi connectivity index (χ2v) is 3.04. The van der Waals surface area contributed by atoms with E-state index in [0.29, 0.717) is 26.4 Å². The molecule has 0 radical (unpaired) electrons. The topological polar surface area (TPSA) is 45.5 Å². The maximum atomic E-state index is 8.55. The Morgan fingerprint density at radius 3 is 2.57 bits per heavy atom. The average Bonchev–Trinajstić information content (AvgIpc) is 2.18. The predicted molar refractivity (Wildman–Crippen MR) is 55.0 cm³/mol. The van der Waals surface area contributed by atoms with Crippen molar-refractivity contribution < 1.29 is 9.47 Å². The summed E-state index contributed by atoms with van der Waals surface area (Å²) >= 11 is 0.